The van der Waals surface area contributed by atoms with Gasteiger partial charge in [0, 0.05) is 17.6 Å². The molecule has 0 saturated heterocycles. The SMILES string of the molecule is CC(CNC1CCCCCC1)Oc1cccc(Cl)c1. The van der Waals surface area contributed by atoms with Gasteiger partial charge in [0.15, 0.2) is 0 Å². The van der Waals surface area contributed by atoms with E-state index in [1.165, 1.54) is 38.5 Å². The van der Waals surface area contributed by atoms with Crippen LogP contribution in [0.4, 0.5) is 0 Å². The van der Waals surface area contributed by atoms with Crippen LogP contribution in [-0.2, 0) is 0 Å². The second kappa shape index (κ2) is 7.76. The van der Waals surface area contributed by atoms with Crippen LogP contribution in [0.15, 0.2) is 24.3 Å². The van der Waals surface area contributed by atoms with Crippen molar-refractivity contribution in [2.24, 2.45) is 0 Å². The number of halogens is 1. The summed E-state index contributed by atoms with van der Waals surface area (Å²) in [7, 11) is 0. The van der Waals surface area contributed by atoms with E-state index in [-0.39, 0.29) is 6.10 Å². The summed E-state index contributed by atoms with van der Waals surface area (Å²) in [5.74, 6) is 0.850. The Morgan fingerprint density at radius 2 is 2.00 bits per heavy atom. The lowest BCUT2D eigenvalue weighted by atomic mass is 10.1. The second-order valence-corrected chi connectivity index (χ2v) is 5.92. The van der Waals surface area contributed by atoms with Gasteiger partial charge in [-0.05, 0) is 38.0 Å². The average molecular weight is 282 g/mol. The van der Waals surface area contributed by atoms with Gasteiger partial charge in [-0.15, -0.1) is 0 Å². The molecular formula is C16H24ClNO. The molecule has 3 heteroatoms. The number of rotatable bonds is 5. The third kappa shape index (κ3) is 5.42. The number of hydrogen-bond donors (Lipinski definition) is 1. The summed E-state index contributed by atoms with van der Waals surface area (Å²) in [5, 5.41) is 4.36. The Hall–Kier alpha value is -0.730. The van der Waals surface area contributed by atoms with Crippen LogP contribution < -0.4 is 10.1 Å². The van der Waals surface area contributed by atoms with Crippen LogP contribution in [0, 0.1) is 0 Å². The van der Waals surface area contributed by atoms with Crippen molar-refractivity contribution in [1.82, 2.24) is 5.32 Å². The zero-order valence-corrected chi connectivity index (χ0v) is 12.5. The van der Waals surface area contributed by atoms with E-state index in [0.29, 0.717) is 6.04 Å². The summed E-state index contributed by atoms with van der Waals surface area (Å²) >= 11 is 5.95. The molecule has 2 nitrogen and oxygen atoms in total. The molecule has 1 aliphatic rings. The molecule has 0 bridgehead atoms. The predicted molar refractivity (Wildman–Crippen MR) is 81.0 cm³/mol. The lowest BCUT2D eigenvalue weighted by Crippen LogP contribution is -2.36. The van der Waals surface area contributed by atoms with Crippen molar-refractivity contribution in [3.8, 4) is 5.75 Å². The number of ether oxygens (including phenoxy) is 1. The molecular weight excluding hydrogens is 258 g/mol. The highest BCUT2D eigenvalue weighted by molar-refractivity contribution is 6.30. The minimum absolute atomic E-state index is 0.168. The summed E-state index contributed by atoms with van der Waals surface area (Å²) in [5.41, 5.74) is 0. The molecule has 2 rings (SSSR count). The Morgan fingerprint density at radius 1 is 1.26 bits per heavy atom. The Bertz CT molecular complexity index is 375. The van der Waals surface area contributed by atoms with E-state index >= 15 is 0 Å². The molecule has 1 N–H and O–H groups in total. The lowest BCUT2D eigenvalue weighted by molar-refractivity contribution is 0.209. The van der Waals surface area contributed by atoms with Crippen LogP contribution in [0.1, 0.15) is 45.4 Å². The van der Waals surface area contributed by atoms with E-state index in [1.54, 1.807) is 0 Å². The maximum absolute atomic E-state index is 5.95. The molecule has 1 aliphatic carbocycles. The van der Waals surface area contributed by atoms with Crippen molar-refractivity contribution >= 4 is 11.6 Å². The van der Waals surface area contributed by atoms with Crippen LogP contribution >= 0.6 is 11.6 Å². The largest absolute Gasteiger partial charge is 0.489 e. The highest BCUT2D eigenvalue weighted by atomic mass is 35.5. The Labute approximate surface area is 121 Å². The molecule has 1 saturated carbocycles. The van der Waals surface area contributed by atoms with Gasteiger partial charge in [-0.1, -0.05) is 43.4 Å². The molecule has 0 aliphatic heterocycles. The molecule has 0 heterocycles. The minimum Gasteiger partial charge on any atom is -0.489 e. The second-order valence-electron chi connectivity index (χ2n) is 5.48. The fourth-order valence-electron chi connectivity index (χ4n) is 2.63. The molecule has 0 amide bonds. The third-order valence-corrected chi connectivity index (χ3v) is 3.92. The van der Waals surface area contributed by atoms with Gasteiger partial charge in [0.2, 0.25) is 0 Å². The predicted octanol–water partition coefficient (Wildman–Crippen LogP) is 4.42. The first-order chi connectivity index (χ1) is 9.24. The van der Waals surface area contributed by atoms with E-state index < -0.39 is 0 Å². The molecule has 1 fully saturated rings. The van der Waals surface area contributed by atoms with Gasteiger partial charge >= 0.3 is 0 Å². The smallest absolute Gasteiger partial charge is 0.121 e. The maximum atomic E-state index is 5.95. The van der Waals surface area contributed by atoms with Crippen molar-refractivity contribution in [1.29, 1.82) is 0 Å². The van der Waals surface area contributed by atoms with Crippen LogP contribution in [0.25, 0.3) is 0 Å². The standard InChI is InChI=1S/C16H24ClNO/c1-13(19-16-10-6-7-14(17)11-16)12-18-15-8-4-2-3-5-9-15/h6-7,10-11,13,15,18H,2-5,8-9,12H2,1H3. The molecule has 1 aromatic rings. The average Bonchev–Trinajstić information content (AvgIpc) is 2.65. The van der Waals surface area contributed by atoms with Crippen molar-refractivity contribution in [2.75, 3.05) is 6.54 Å². The third-order valence-electron chi connectivity index (χ3n) is 3.68. The number of hydrogen-bond acceptors (Lipinski definition) is 2. The zero-order chi connectivity index (χ0) is 13.5. The van der Waals surface area contributed by atoms with Gasteiger partial charge in [-0.2, -0.15) is 0 Å². The topological polar surface area (TPSA) is 21.3 Å². The van der Waals surface area contributed by atoms with Gasteiger partial charge in [0.25, 0.3) is 0 Å². The van der Waals surface area contributed by atoms with Crippen LogP contribution in [0.2, 0.25) is 5.02 Å². The van der Waals surface area contributed by atoms with E-state index in [9.17, 15) is 0 Å². The first-order valence-electron chi connectivity index (χ1n) is 7.39. The van der Waals surface area contributed by atoms with Gasteiger partial charge in [0.1, 0.15) is 11.9 Å². The normalized spacial score (nSPS) is 18.8. The molecule has 19 heavy (non-hydrogen) atoms. The first-order valence-corrected chi connectivity index (χ1v) is 7.77. The zero-order valence-electron chi connectivity index (χ0n) is 11.7. The molecule has 1 aromatic carbocycles. The molecule has 1 unspecified atom stereocenters. The summed E-state index contributed by atoms with van der Waals surface area (Å²) in [4.78, 5) is 0. The molecule has 0 radical (unpaired) electrons. The van der Waals surface area contributed by atoms with E-state index in [0.717, 1.165) is 17.3 Å². The summed E-state index contributed by atoms with van der Waals surface area (Å²) < 4.78 is 5.87. The van der Waals surface area contributed by atoms with Crippen molar-refractivity contribution in [2.45, 2.75) is 57.6 Å². The number of nitrogens with one attached hydrogen (secondary N) is 1. The summed E-state index contributed by atoms with van der Waals surface area (Å²) in [6.45, 7) is 3.00. The monoisotopic (exact) mass is 281 g/mol. The molecule has 0 aromatic heterocycles. The molecule has 1 atom stereocenters. The minimum atomic E-state index is 0.168. The van der Waals surface area contributed by atoms with Gasteiger partial charge in [0.05, 0.1) is 0 Å². The fraction of sp³-hybridized carbons (Fsp3) is 0.625. The van der Waals surface area contributed by atoms with Gasteiger partial charge in [-0.3, -0.25) is 0 Å². The Kier molecular flexibility index (Phi) is 5.99. The quantitative estimate of drug-likeness (QED) is 0.807. The van der Waals surface area contributed by atoms with Crippen LogP contribution in [0.5, 0.6) is 5.75 Å². The highest BCUT2D eigenvalue weighted by Crippen LogP contribution is 2.19. The van der Waals surface area contributed by atoms with Gasteiger partial charge in [-0.25, -0.2) is 0 Å². The van der Waals surface area contributed by atoms with Crippen molar-refractivity contribution in [3.05, 3.63) is 29.3 Å². The van der Waals surface area contributed by atoms with E-state index in [2.05, 4.69) is 12.2 Å². The fourth-order valence-corrected chi connectivity index (χ4v) is 2.81. The van der Waals surface area contributed by atoms with Crippen molar-refractivity contribution in [3.63, 3.8) is 0 Å². The molecule has 0 spiro atoms. The Morgan fingerprint density at radius 3 is 2.68 bits per heavy atom. The maximum Gasteiger partial charge on any atom is 0.121 e. The van der Waals surface area contributed by atoms with Crippen molar-refractivity contribution < 1.29 is 4.74 Å². The van der Waals surface area contributed by atoms with E-state index in [4.69, 9.17) is 16.3 Å². The summed E-state index contributed by atoms with van der Waals surface area (Å²) in [6, 6.07) is 8.27. The Balaban J connectivity index is 1.73. The highest BCUT2D eigenvalue weighted by Gasteiger charge is 2.13. The van der Waals surface area contributed by atoms with Crippen LogP contribution in [-0.4, -0.2) is 18.7 Å². The number of benzene rings is 1. The molecule has 106 valence electrons. The summed E-state index contributed by atoms with van der Waals surface area (Å²) in [6.07, 6.45) is 8.30. The van der Waals surface area contributed by atoms with Crippen LogP contribution in [0.3, 0.4) is 0 Å². The first kappa shape index (κ1) is 14.7. The van der Waals surface area contributed by atoms with Gasteiger partial charge < -0.3 is 10.1 Å². The van der Waals surface area contributed by atoms with E-state index in [1.807, 2.05) is 24.3 Å². The lowest BCUT2D eigenvalue weighted by Gasteiger charge is -2.20.